The fourth-order valence-corrected chi connectivity index (χ4v) is 3.86. The highest BCUT2D eigenvalue weighted by molar-refractivity contribution is 6.08. The minimum Gasteiger partial charge on any atom is -0.336 e. The third-order valence-electron chi connectivity index (χ3n) is 5.02. The Balaban J connectivity index is 1.50. The first kappa shape index (κ1) is 14.2. The molecule has 0 radical (unpaired) electrons. The van der Waals surface area contributed by atoms with Crippen molar-refractivity contribution in [1.82, 2.24) is 14.7 Å². The molecule has 1 aromatic rings. The van der Waals surface area contributed by atoms with E-state index in [0.717, 1.165) is 18.4 Å². The molecule has 6 heteroatoms. The van der Waals surface area contributed by atoms with Gasteiger partial charge in [-0.2, -0.15) is 0 Å². The number of hydrogen-bond donors (Lipinski definition) is 0. The van der Waals surface area contributed by atoms with Gasteiger partial charge < -0.3 is 9.80 Å². The van der Waals surface area contributed by atoms with Crippen molar-refractivity contribution in [3.05, 3.63) is 35.9 Å². The Morgan fingerprint density at radius 1 is 0.913 bits per heavy atom. The first-order valence-corrected chi connectivity index (χ1v) is 8.13. The van der Waals surface area contributed by atoms with Crippen LogP contribution < -0.4 is 0 Å². The van der Waals surface area contributed by atoms with Crippen LogP contribution in [0.1, 0.15) is 24.8 Å². The highest BCUT2D eigenvalue weighted by Crippen LogP contribution is 2.31. The van der Waals surface area contributed by atoms with Gasteiger partial charge >= 0.3 is 6.03 Å². The van der Waals surface area contributed by atoms with Gasteiger partial charge in [0.1, 0.15) is 12.1 Å². The monoisotopic (exact) mass is 313 g/mol. The predicted octanol–water partition coefficient (Wildman–Crippen LogP) is 1.21. The molecule has 3 aliphatic rings. The average Bonchev–Trinajstić information content (AvgIpc) is 3.22. The van der Waals surface area contributed by atoms with Crippen LogP contribution in [0.25, 0.3) is 0 Å². The van der Waals surface area contributed by atoms with E-state index >= 15 is 0 Å². The molecule has 3 aliphatic heterocycles. The second kappa shape index (κ2) is 5.37. The molecule has 0 bridgehead atoms. The van der Waals surface area contributed by atoms with Gasteiger partial charge in [-0.1, -0.05) is 30.3 Å². The molecule has 0 spiro atoms. The van der Waals surface area contributed by atoms with Gasteiger partial charge in [0.25, 0.3) is 5.91 Å². The van der Waals surface area contributed by atoms with Gasteiger partial charge in [-0.05, 0) is 24.8 Å². The van der Waals surface area contributed by atoms with Gasteiger partial charge in [-0.3, -0.25) is 9.59 Å². The molecular formula is C17H19N3O3. The summed E-state index contributed by atoms with van der Waals surface area (Å²) < 4.78 is 0. The quantitative estimate of drug-likeness (QED) is 0.788. The van der Waals surface area contributed by atoms with E-state index < -0.39 is 6.04 Å². The van der Waals surface area contributed by atoms with Crippen LogP contribution >= 0.6 is 0 Å². The zero-order chi connectivity index (χ0) is 16.0. The van der Waals surface area contributed by atoms with Crippen LogP contribution in [-0.4, -0.2) is 57.7 Å². The Bertz CT molecular complexity index is 638. The zero-order valence-electron chi connectivity index (χ0n) is 12.9. The third-order valence-corrected chi connectivity index (χ3v) is 5.02. The maximum Gasteiger partial charge on any atom is 0.328 e. The van der Waals surface area contributed by atoms with Crippen LogP contribution in [0.4, 0.5) is 4.79 Å². The van der Waals surface area contributed by atoms with Crippen molar-refractivity contribution in [3.63, 3.8) is 0 Å². The van der Waals surface area contributed by atoms with Gasteiger partial charge in [-0.15, -0.1) is 0 Å². The van der Waals surface area contributed by atoms with Crippen LogP contribution in [0.15, 0.2) is 30.3 Å². The number of carbonyl (C=O) groups excluding carboxylic acids is 3. The van der Waals surface area contributed by atoms with Crippen molar-refractivity contribution < 1.29 is 14.4 Å². The normalized spacial score (nSPS) is 27.3. The highest BCUT2D eigenvalue weighted by Gasteiger charge is 2.53. The number of hydrogen-bond acceptors (Lipinski definition) is 3. The van der Waals surface area contributed by atoms with E-state index in [9.17, 15) is 14.4 Å². The van der Waals surface area contributed by atoms with Crippen LogP contribution in [0.5, 0.6) is 0 Å². The van der Waals surface area contributed by atoms with Crippen molar-refractivity contribution in [3.8, 4) is 0 Å². The summed E-state index contributed by atoms with van der Waals surface area (Å²) in [6, 6.07) is 8.53. The summed E-state index contributed by atoms with van der Waals surface area (Å²) in [5.41, 5.74) is 1.06. The molecule has 0 aliphatic carbocycles. The summed E-state index contributed by atoms with van der Waals surface area (Å²) in [6.45, 7) is 1.74. The number of carbonyl (C=O) groups is 3. The topological polar surface area (TPSA) is 60.9 Å². The lowest BCUT2D eigenvalue weighted by molar-refractivity contribution is -0.138. The molecular weight excluding hydrogens is 294 g/mol. The van der Waals surface area contributed by atoms with Gasteiger partial charge in [0.15, 0.2) is 0 Å². The minimum atomic E-state index is -0.621. The number of imide groups is 1. The summed E-state index contributed by atoms with van der Waals surface area (Å²) in [5, 5.41) is 0. The summed E-state index contributed by atoms with van der Waals surface area (Å²) in [6.07, 6.45) is 2.12. The maximum absolute atomic E-state index is 12.7. The van der Waals surface area contributed by atoms with E-state index in [-0.39, 0.29) is 23.9 Å². The van der Waals surface area contributed by atoms with Crippen molar-refractivity contribution in [2.45, 2.75) is 37.9 Å². The Hall–Kier alpha value is -2.37. The molecule has 120 valence electrons. The van der Waals surface area contributed by atoms with Crippen molar-refractivity contribution >= 4 is 17.8 Å². The lowest BCUT2D eigenvalue weighted by atomic mass is 10.1. The largest absolute Gasteiger partial charge is 0.336 e. The SMILES string of the molecule is O=C1C(N2C(=O)[C@H]3CCCN3C2=O)CCN1Cc1ccccc1. The van der Waals surface area contributed by atoms with Crippen LogP contribution in [-0.2, 0) is 16.1 Å². The van der Waals surface area contributed by atoms with E-state index in [4.69, 9.17) is 0 Å². The smallest absolute Gasteiger partial charge is 0.328 e. The number of likely N-dealkylation sites (tertiary alicyclic amines) is 1. The zero-order valence-corrected chi connectivity index (χ0v) is 12.9. The number of urea groups is 1. The second-order valence-corrected chi connectivity index (χ2v) is 6.39. The number of nitrogens with zero attached hydrogens (tertiary/aromatic N) is 3. The first-order valence-electron chi connectivity index (χ1n) is 8.13. The van der Waals surface area contributed by atoms with Crippen LogP contribution in [0, 0.1) is 0 Å². The standard InChI is InChI=1S/C17H19N3O3/c21-15-14(8-10-18(15)11-12-5-2-1-3-6-12)20-16(22)13-7-4-9-19(13)17(20)23/h1-3,5-6,13-14H,4,7-11H2/t13-,14?/m1/s1. The lowest BCUT2D eigenvalue weighted by Gasteiger charge is -2.22. The maximum atomic E-state index is 12.7. The van der Waals surface area contributed by atoms with Gasteiger partial charge in [0.05, 0.1) is 0 Å². The summed E-state index contributed by atoms with van der Waals surface area (Å²) >= 11 is 0. The van der Waals surface area contributed by atoms with Crippen LogP contribution in [0.3, 0.4) is 0 Å². The molecule has 1 unspecified atom stereocenters. The van der Waals surface area contributed by atoms with E-state index in [1.807, 2.05) is 30.3 Å². The Kier molecular flexibility index (Phi) is 3.32. The van der Waals surface area contributed by atoms with Gasteiger partial charge in [0.2, 0.25) is 5.91 Å². The average molecular weight is 313 g/mol. The summed E-state index contributed by atoms with van der Waals surface area (Å²) in [7, 11) is 0. The molecule has 0 N–H and O–H groups in total. The Morgan fingerprint density at radius 3 is 2.43 bits per heavy atom. The van der Waals surface area contributed by atoms with Crippen molar-refractivity contribution in [2.24, 2.45) is 0 Å². The van der Waals surface area contributed by atoms with E-state index in [0.29, 0.717) is 26.1 Å². The van der Waals surface area contributed by atoms with Gasteiger partial charge in [-0.25, -0.2) is 9.69 Å². The minimum absolute atomic E-state index is 0.114. The molecule has 23 heavy (non-hydrogen) atoms. The number of benzene rings is 1. The summed E-state index contributed by atoms with van der Waals surface area (Å²) in [4.78, 5) is 42.2. The highest BCUT2D eigenvalue weighted by atomic mass is 16.2. The molecule has 0 saturated carbocycles. The molecule has 6 nitrogen and oxygen atoms in total. The lowest BCUT2D eigenvalue weighted by Crippen LogP contribution is -2.46. The fourth-order valence-electron chi connectivity index (χ4n) is 3.86. The van der Waals surface area contributed by atoms with Crippen LogP contribution in [0.2, 0.25) is 0 Å². The molecule has 4 rings (SSSR count). The molecule has 4 amide bonds. The molecule has 3 saturated heterocycles. The number of amides is 4. The molecule has 0 aromatic heterocycles. The fraction of sp³-hybridized carbons (Fsp3) is 0.471. The number of fused-ring (bicyclic) bond motifs is 1. The third kappa shape index (κ3) is 2.20. The number of rotatable bonds is 3. The molecule has 3 fully saturated rings. The van der Waals surface area contributed by atoms with E-state index in [1.165, 1.54) is 4.90 Å². The molecule has 3 heterocycles. The van der Waals surface area contributed by atoms with Gasteiger partial charge in [0, 0.05) is 19.6 Å². The second-order valence-electron chi connectivity index (χ2n) is 6.39. The predicted molar refractivity (Wildman–Crippen MR) is 82.2 cm³/mol. The van der Waals surface area contributed by atoms with Crippen molar-refractivity contribution in [2.75, 3.05) is 13.1 Å². The first-order chi connectivity index (χ1) is 11.2. The summed E-state index contributed by atoms with van der Waals surface area (Å²) in [5.74, 6) is -0.302. The molecule has 1 aromatic carbocycles. The Labute approximate surface area is 134 Å². The van der Waals surface area contributed by atoms with E-state index in [1.54, 1.807) is 9.80 Å². The van der Waals surface area contributed by atoms with Crippen molar-refractivity contribution in [1.29, 1.82) is 0 Å². The van der Waals surface area contributed by atoms with E-state index in [2.05, 4.69) is 0 Å². The molecule has 2 atom stereocenters. The Morgan fingerprint density at radius 2 is 1.70 bits per heavy atom.